The third-order valence-electron chi connectivity index (χ3n) is 5.29. The number of pyridine rings is 1. The van der Waals surface area contributed by atoms with Gasteiger partial charge in [-0.1, -0.05) is 24.3 Å². The predicted octanol–water partition coefficient (Wildman–Crippen LogP) is 3.42. The third-order valence-corrected chi connectivity index (χ3v) is 5.29. The molecule has 1 atom stereocenters. The smallest absolute Gasteiger partial charge is 0.247 e. The molecule has 2 amide bonds. The quantitative estimate of drug-likeness (QED) is 0.726. The van der Waals surface area contributed by atoms with Gasteiger partial charge in [-0.15, -0.1) is 0 Å². The Morgan fingerprint density at radius 2 is 1.93 bits per heavy atom. The number of ether oxygens (including phenoxy) is 1. The van der Waals surface area contributed by atoms with Crippen LogP contribution in [-0.4, -0.2) is 41.4 Å². The number of aromatic nitrogens is 1. The number of carbonyl (C=O) groups excluding carboxylic acids is 2. The van der Waals surface area contributed by atoms with E-state index in [9.17, 15) is 9.59 Å². The molecular weight excluding hydrogens is 366 g/mol. The number of para-hydroxylation sites is 1. The first-order valence-corrected chi connectivity index (χ1v) is 9.73. The molecule has 1 saturated heterocycles. The van der Waals surface area contributed by atoms with Gasteiger partial charge >= 0.3 is 0 Å². The number of amides is 2. The highest BCUT2D eigenvalue weighted by Gasteiger charge is 2.34. The van der Waals surface area contributed by atoms with E-state index in [-0.39, 0.29) is 18.2 Å². The number of carbonyl (C=O) groups is 2. The van der Waals surface area contributed by atoms with Crippen LogP contribution in [0.1, 0.15) is 18.4 Å². The minimum atomic E-state index is -0.451. The van der Waals surface area contributed by atoms with Crippen molar-refractivity contribution in [3.8, 4) is 5.75 Å². The topological polar surface area (TPSA) is 71.5 Å². The monoisotopic (exact) mass is 389 g/mol. The van der Waals surface area contributed by atoms with Gasteiger partial charge in [-0.2, -0.15) is 0 Å². The highest BCUT2D eigenvalue weighted by molar-refractivity contribution is 5.98. The molecule has 1 N–H and O–H groups in total. The summed E-state index contributed by atoms with van der Waals surface area (Å²) in [5, 5.41) is 3.92. The summed E-state index contributed by atoms with van der Waals surface area (Å²) in [5.74, 6) is 0.525. The van der Waals surface area contributed by atoms with Gasteiger partial charge in [-0.05, 0) is 48.7 Å². The summed E-state index contributed by atoms with van der Waals surface area (Å²) in [7, 11) is 1.60. The molecule has 6 heteroatoms. The Balaban J connectivity index is 1.46. The maximum Gasteiger partial charge on any atom is 0.247 e. The average Bonchev–Trinajstić information content (AvgIpc) is 3.25. The second-order valence-corrected chi connectivity index (χ2v) is 7.13. The maximum absolute atomic E-state index is 13.0. The average molecular weight is 389 g/mol. The molecule has 1 aromatic heterocycles. The fourth-order valence-electron chi connectivity index (χ4n) is 3.81. The molecule has 0 aliphatic carbocycles. The molecule has 1 aliphatic heterocycles. The minimum absolute atomic E-state index is 0.0458. The number of fused-ring (bicyclic) bond motifs is 1. The first-order chi connectivity index (χ1) is 14.2. The Kier molecular flexibility index (Phi) is 5.42. The van der Waals surface area contributed by atoms with Crippen LogP contribution in [0, 0.1) is 0 Å². The first kappa shape index (κ1) is 18.9. The van der Waals surface area contributed by atoms with Crippen LogP contribution >= 0.6 is 0 Å². The first-order valence-electron chi connectivity index (χ1n) is 9.73. The van der Waals surface area contributed by atoms with Crippen molar-refractivity contribution < 1.29 is 14.3 Å². The van der Waals surface area contributed by atoms with Crippen LogP contribution in [0.3, 0.4) is 0 Å². The van der Waals surface area contributed by atoms with Gasteiger partial charge < -0.3 is 15.0 Å². The molecule has 3 aromatic rings. The zero-order chi connectivity index (χ0) is 20.2. The summed E-state index contributed by atoms with van der Waals surface area (Å²) >= 11 is 0. The van der Waals surface area contributed by atoms with Crippen LogP contribution < -0.4 is 10.1 Å². The molecule has 1 unspecified atom stereocenters. The summed E-state index contributed by atoms with van der Waals surface area (Å²) in [6.07, 6.45) is 3.46. The van der Waals surface area contributed by atoms with E-state index in [4.69, 9.17) is 4.74 Å². The molecule has 1 fully saturated rings. The standard InChI is InChI=1S/C23H23N3O3/c1-29-19-11-9-18(10-12-19)25-23(28)20-8-4-14-26(20)21(27)15-17-6-2-5-16-7-3-13-24-22(16)17/h2-3,5-7,9-13,20H,4,8,14-15H2,1H3,(H,25,28). The van der Waals surface area contributed by atoms with Crippen molar-refractivity contribution in [2.24, 2.45) is 0 Å². The van der Waals surface area contributed by atoms with E-state index in [1.54, 1.807) is 42.5 Å². The van der Waals surface area contributed by atoms with E-state index in [1.165, 1.54) is 0 Å². The Morgan fingerprint density at radius 3 is 2.72 bits per heavy atom. The normalized spacial score (nSPS) is 16.0. The van der Waals surface area contributed by atoms with E-state index in [2.05, 4.69) is 10.3 Å². The lowest BCUT2D eigenvalue weighted by Gasteiger charge is -2.24. The summed E-state index contributed by atoms with van der Waals surface area (Å²) in [4.78, 5) is 31.9. The van der Waals surface area contributed by atoms with Gasteiger partial charge in [-0.3, -0.25) is 14.6 Å². The molecule has 1 aliphatic rings. The minimum Gasteiger partial charge on any atom is -0.497 e. The van der Waals surface area contributed by atoms with Crippen molar-refractivity contribution in [3.05, 3.63) is 66.4 Å². The number of hydrogen-bond donors (Lipinski definition) is 1. The molecule has 0 spiro atoms. The number of nitrogens with one attached hydrogen (secondary N) is 1. The van der Waals surface area contributed by atoms with Crippen LogP contribution in [-0.2, 0) is 16.0 Å². The zero-order valence-electron chi connectivity index (χ0n) is 16.3. The van der Waals surface area contributed by atoms with Crippen LogP contribution in [0.5, 0.6) is 5.75 Å². The second kappa shape index (κ2) is 8.31. The summed E-state index contributed by atoms with van der Waals surface area (Å²) in [5.41, 5.74) is 2.41. The van der Waals surface area contributed by atoms with Crippen molar-refractivity contribution in [1.82, 2.24) is 9.88 Å². The number of anilines is 1. The third kappa shape index (κ3) is 4.06. The van der Waals surface area contributed by atoms with Crippen molar-refractivity contribution in [2.45, 2.75) is 25.3 Å². The number of nitrogens with zero attached hydrogens (tertiary/aromatic N) is 2. The molecule has 2 aromatic carbocycles. The van der Waals surface area contributed by atoms with Gasteiger partial charge in [0.05, 0.1) is 19.0 Å². The lowest BCUT2D eigenvalue weighted by molar-refractivity contribution is -0.136. The van der Waals surface area contributed by atoms with Crippen LogP contribution in [0.2, 0.25) is 0 Å². The van der Waals surface area contributed by atoms with Gasteiger partial charge in [-0.25, -0.2) is 0 Å². The largest absolute Gasteiger partial charge is 0.497 e. The van der Waals surface area contributed by atoms with Gasteiger partial charge in [0.25, 0.3) is 0 Å². The second-order valence-electron chi connectivity index (χ2n) is 7.13. The summed E-state index contributed by atoms with van der Waals surface area (Å²) < 4.78 is 5.14. The van der Waals surface area contributed by atoms with Gasteiger partial charge in [0.15, 0.2) is 0 Å². The number of methoxy groups -OCH3 is 1. The number of rotatable bonds is 5. The van der Waals surface area contributed by atoms with E-state index in [1.807, 2.05) is 30.3 Å². The van der Waals surface area contributed by atoms with Crippen molar-refractivity contribution in [1.29, 1.82) is 0 Å². The maximum atomic E-state index is 13.0. The Morgan fingerprint density at radius 1 is 1.14 bits per heavy atom. The molecule has 4 rings (SSSR count). The Labute approximate surface area is 169 Å². The van der Waals surface area contributed by atoms with Crippen molar-refractivity contribution in [3.63, 3.8) is 0 Å². The predicted molar refractivity (Wildman–Crippen MR) is 112 cm³/mol. The molecule has 2 heterocycles. The Bertz CT molecular complexity index is 1030. The molecule has 29 heavy (non-hydrogen) atoms. The van der Waals surface area contributed by atoms with E-state index in [0.29, 0.717) is 18.7 Å². The van der Waals surface area contributed by atoms with E-state index >= 15 is 0 Å². The van der Waals surface area contributed by atoms with Gasteiger partial charge in [0, 0.05) is 23.8 Å². The lowest BCUT2D eigenvalue weighted by Crippen LogP contribution is -2.43. The van der Waals surface area contributed by atoms with Crippen LogP contribution in [0.15, 0.2) is 60.8 Å². The molecule has 6 nitrogen and oxygen atoms in total. The van der Waals surface area contributed by atoms with E-state index in [0.717, 1.165) is 28.6 Å². The fourth-order valence-corrected chi connectivity index (χ4v) is 3.81. The summed E-state index contributed by atoms with van der Waals surface area (Å²) in [6.45, 7) is 0.595. The van der Waals surface area contributed by atoms with Crippen molar-refractivity contribution in [2.75, 3.05) is 19.0 Å². The molecular formula is C23H23N3O3. The molecule has 0 bridgehead atoms. The number of hydrogen-bond acceptors (Lipinski definition) is 4. The zero-order valence-corrected chi connectivity index (χ0v) is 16.3. The molecule has 0 saturated carbocycles. The fraction of sp³-hybridized carbons (Fsp3) is 0.261. The highest BCUT2D eigenvalue weighted by Crippen LogP contribution is 2.23. The molecule has 0 radical (unpaired) electrons. The van der Waals surface area contributed by atoms with Gasteiger partial charge in [0.1, 0.15) is 11.8 Å². The highest BCUT2D eigenvalue weighted by atomic mass is 16.5. The van der Waals surface area contributed by atoms with Crippen molar-refractivity contribution >= 4 is 28.4 Å². The van der Waals surface area contributed by atoms with Crippen LogP contribution in [0.25, 0.3) is 10.9 Å². The summed E-state index contributed by atoms with van der Waals surface area (Å²) in [6, 6.07) is 16.4. The van der Waals surface area contributed by atoms with Gasteiger partial charge in [0.2, 0.25) is 11.8 Å². The number of likely N-dealkylation sites (tertiary alicyclic amines) is 1. The SMILES string of the molecule is COc1ccc(NC(=O)C2CCCN2C(=O)Cc2cccc3cccnc23)cc1. The molecule has 148 valence electrons. The van der Waals surface area contributed by atoms with Crippen LogP contribution in [0.4, 0.5) is 5.69 Å². The Hall–Kier alpha value is -3.41. The number of benzene rings is 2. The van der Waals surface area contributed by atoms with E-state index < -0.39 is 6.04 Å². The lowest BCUT2D eigenvalue weighted by atomic mass is 10.1.